The van der Waals surface area contributed by atoms with E-state index in [2.05, 4.69) is 48.5 Å². The maximum atomic E-state index is 11.0. The lowest BCUT2D eigenvalue weighted by Gasteiger charge is -2.35. The van der Waals surface area contributed by atoms with E-state index in [9.17, 15) is 4.79 Å². The van der Waals surface area contributed by atoms with Crippen LogP contribution < -0.4 is 4.90 Å². The largest absolute Gasteiger partial charge is 0.478 e. The van der Waals surface area contributed by atoms with Crippen LogP contribution in [0.15, 0.2) is 22.7 Å². The van der Waals surface area contributed by atoms with Crippen molar-refractivity contribution in [3.8, 4) is 0 Å². The molecule has 0 aliphatic heterocycles. The first-order chi connectivity index (χ1) is 9.40. The van der Waals surface area contributed by atoms with Gasteiger partial charge in [-0.1, -0.05) is 27.7 Å². The number of halogens is 1. The minimum Gasteiger partial charge on any atom is -0.478 e. The van der Waals surface area contributed by atoms with E-state index < -0.39 is 5.97 Å². The normalized spacial score (nSPS) is 11.2. The molecular formula is C16H24BrNO2. The molecule has 0 unspecified atom stereocenters. The fraction of sp³-hybridized carbons (Fsp3) is 0.562. The SMILES string of the molecule is CCC(CC)N(CC(C)C)c1ccc(C(=O)O)cc1Br. The van der Waals surface area contributed by atoms with Crippen molar-refractivity contribution in [3.63, 3.8) is 0 Å². The summed E-state index contributed by atoms with van der Waals surface area (Å²) in [5, 5.41) is 9.05. The summed E-state index contributed by atoms with van der Waals surface area (Å²) in [6.45, 7) is 9.77. The third-order valence-corrected chi connectivity index (χ3v) is 4.08. The summed E-state index contributed by atoms with van der Waals surface area (Å²) in [7, 11) is 0. The van der Waals surface area contributed by atoms with Crippen molar-refractivity contribution in [1.82, 2.24) is 0 Å². The molecule has 0 amide bonds. The number of rotatable bonds is 7. The van der Waals surface area contributed by atoms with Crippen LogP contribution in [-0.2, 0) is 0 Å². The minimum absolute atomic E-state index is 0.315. The minimum atomic E-state index is -0.893. The Morgan fingerprint density at radius 2 is 1.90 bits per heavy atom. The maximum absolute atomic E-state index is 11.0. The molecule has 0 fully saturated rings. The van der Waals surface area contributed by atoms with Crippen molar-refractivity contribution in [2.24, 2.45) is 5.92 Å². The summed E-state index contributed by atoms with van der Waals surface area (Å²) in [4.78, 5) is 13.4. The molecule has 0 saturated heterocycles. The van der Waals surface area contributed by atoms with Gasteiger partial charge in [-0.05, 0) is 52.9 Å². The van der Waals surface area contributed by atoms with Gasteiger partial charge in [-0.2, -0.15) is 0 Å². The van der Waals surface area contributed by atoms with Gasteiger partial charge >= 0.3 is 5.97 Å². The van der Waals surface area contributed by atoms with Gasteiger partial charge in [-0.3, -0.25) is 0 Å². The zero-order valence-electron chi connectivity index (χ0n) is 12.7. The van der Waals surface area contributed by atoms with Crippen molar-refractivity contribution in [2.75, 3.05) is 11.4 Å². The molecule has 0 spiro atoms. The Morgan fingerprint density at radius 1 is 1.30 bits per heavy atom. The van der Waals surface area contributed by atoms with Crippen LogP contribution in [0, 0.1) is 5.92 Å². The van der Waals surface area contributed by atoms with Crippen LogP contribution in [0.1, 0.15) is 50.9 Å². The topological polar surface area (TPSA) is 40.5 Å². The van der Waals surface area contributed by atoms with Gasteiger partial charge in [-0.15, -0.1) is 0 Å². The monoisotopic (exact) mass is 341 g/mol. The molecule has 0 heterocycles. The average Bonchev–Trinajstić information content (AvgIpc) is 2.38. The van der Waals surface area contributed by atoms with Gasteiger partial charge in [0.25, 0.3) is 0 Å². The lowest BCUT2D eigenvalue weighted by atomic mass is 10.1. The van der Waals surface area contributed by atoms with Crippen LogP contribution in [0.4, 0.5) is 5.69 Å². The van der Waals surface area contributed by atoms with Crippen LogP contribution in [-0.4, -0.2) is 23.7 Å². The summed E-state index contributed by atoms with van der Waals surface area (Å²) < 4.78 is 0.852. The molecule has 0 radical (unpaired) electrons. The van der Waals surface area contributed by atoms with Crippen molar-refractivity contribution in [3.05, 3.63) is 28.2 Å². The van der Waals surface area contributed by atoms with Gasteiger partial charge in [0.1, 0.15) is 0 Å². The summed E-state index contributed by atoms with van der Waals surface area (Å²) in [5.41, 5.74) is 1.40. The smallest absolute Gasteiger partial charge is 0.335 e. The Kier molecular flexibility index (Phi) is 6.53. The van der Waals surface area contributed by atoms with E-state index in [0.29, 0.717) is 17.5 Å². The van der Waals surface area contributed by atoms with Crippen LogP contribution in [0.2, 0.25) is 0 Å². The first-order valence-corrected chi connectivity index (χ1v) is 7.99. The van der Waals surface area contributed by atoms with Crippen molar-refractivity contribution in [1.29, 1.82) is 0 Å². The number of anilines is 1. The van der Waals surface area contributed by atoms with Crippen LogP contribution in [0.5, 0.6) is 0 Å². The number of nitrogens with zero attached hydrogens (tertiary/aromatic N) is 1. The Morgan fingerprint density at radius 3 is 2.30 bits per heavy atom. The van der Waals surface area contributed by atoms with Gasteiger partial charge in [0.15, 0.2) is 0 Å². The number of hydrogen-bond donors (Lipinski definition) is 1. The molecule has 112 valence electrons. The van der Waals surface area contributed by atoms with Crippen molar-refractivity contribution < 1.29 is 9.90 Å². The second-order valence-corrected chi connectivity index (χ2v) is 6.34. The summed E-state index contributed by atoms with van der Waals surface area (Å²) in [6, 6.07) is 5.75. The zero-order valence-corrected chi connectivity index (χ0v) is 14.3. The number of carboxylic acid groups (broad SMARTS) is 1. The Balaban J connectivity index is 3.16. The van der Waals surface area contributed by atoms with Gasteiger partial charge in [-0.25, -0.2) is 4.79 Å². The summed E-state index contributed by atoms with van der Waals surface area (Å²) >= 11 is 3.53. The van der Waals surface area contributed by atoms with E-state index >= 15 is 0 Å². The zero-order chi connectivity index (χ0) is 15.3. The predicted octanol–water partition coefficient (Wildman–Crippen LogP) is 4.80. The predicted molar refractivity (Wildman–Crippen MR) is 87.7 cm³/mol. The van der Waals surface area contributed by atoms with Crippen LogP contribution >= 0.6 is 15.9 Å². The number of benzene rings is 1. The molecular weight excluding hydrogens is 318 g/mol. The molecule has 1 N–H and O–H groups in total. The number of carbonyl (C=O) groups is 1. The molecule has 1 rings (SSSR count). The van der Waals surface area contributed by atoms with Crippen LogP contribution in [0.3, 0.4) is 0 Å². The molecule has 0 aromatic heterocycles. The molecule has 1 aromatic carbocycles. The second-order valence-electron chi connectivity index (χ2n) is 5.49. The highest BCUT2D eigenvalue weighted by Gasteiger charge is 2.19. The third kappa shape index (κ3) is 4.23. The van der Waals surface area contributed by atoms with Crippen LogP contribution in [0.25, 0.3) is 0 Å². The molecule has 3 nitrogen and oxygen atoms in total. The second kappa shape index (κ2) is 7.67. The molecule has 0 aliphatic carbocycles. The maximum Gasteiger partial charge on any atom is 0.335 e. The average molecular weight is 342 g/mol. The van der Waals surface area contributed by atoms with E-state index in [1.165, 1.54) is 0 Å². The van der Waals surface area contributed by atoms with E-state index in [4.69, 9.17) is 5.11 Å². The van der Waals surface area contributed by atoms with Gasteiger partial charge in [0.2, 0.25) is 0 Å². The van der Waals surface area contributed by atoms with Gasteiger partial charge in [0.05, 0.1) is 11.3 Å². The number of hydrogen-bond acceptors (Lipinski definition) is 2. The Hall–Kier alpha value is -1.03. The lowest BCUT2D eigenvalue weighted by Crippen LogP contribution is -2.37. The summed E-state index contributed by atoms with van der Waals surface area (Å²) in [5.74, 6) is -0.336. The number of carboxylic acids is 1. The lowest BCUT2D eigenvalue weighted by molar-refractivity contribution is 0.0697. The molecule has 0 saturated carbocycles. The quantitative estimate of drug-likeness (QED) is 0.774. The van der Waals surface area contributed by atoms with E-state index in [1.807, 2.05) is 6.07 Å². The first-order valence-electron chi connectivity index (χ1n) is 7.20. The first kappa shape index (κ1) is 17.0. The van der Waals surface area contributed by atoms with Gasteiger partial charge in [0, 0.05) is 17.1 Å². The molecule has 1 aromatic rings. The Labute approximate surface area is 130 Å². The highest BCUT2D eigenvalue weighted by molar-refractivity contribution is 9.10. The molecule has 0 aliphatic rings. The highest BCUT2D eigenvalue weighted by atomic mass is 79.9. The van der Waals surface area contributed by atoms with Crippen molar-refractivity contribution in [2.45, 2.75) is 46.6 Å². The molecule has 4 heteroatoms. The van der Waals surface area contributed by atoms with E-state index in [-0.39, 0.29) is 0 Å². The van der Waals surface area contributed by atoms with E-state index in [1.54, 1.807) is 12.1 Å². The molecule has 0 atom stereocenters. The van der Waals surface area contributed by atoms with Crippen molar-refractivity contribution >= 4 is 27.6 Å². The van der Waals surface area contributed by atoms with Gasteiger partial charge < -0.3 is 10.0 Å². The standard InChI is InChI=1S/C16H24BrNO2/c1-5-13(6-2)18(10-11(3)4)15-8-7-12(16(19)20)9-14(15)17/h7-9,11,13H,5-6,10H2,1-4H3,(H,19,20). The Bertz CT molecular complexity index is 456. The molecule has 0 bridgehead atoms. The fourth-order valence-electron chi connectivity index (χ4n) is 2.44. The van der Waals surface area contributed by atoms with E-state index in [0.717, 1.165) is 29.5 Å². The molecule has 20 heavy (non-hydrogen) atoms. The number of aromatic carboxylic acids is 1. The fourth-order valence-corrected chi connectivity index (χ4v) is 3.05. The summed E-state index contributed by atoms with van der Waals surface area (Å²) in [6.07, 6.45) is 2.16. The highest BCUT2D eigenvalue weighted by Crippen LogP contribution is 2.31. The third-order valence-electron chi connectivity index (χ3n) is 3.45.